The van der Waals surface area contributed by atoms with Gasteiger partial charge in [0.1, 0.15) is 0 Å². The number of aromatic nitrogens is 1. The highest BCUT2D eigenvalue weighted by molar-refractivity contribution is 5.88. The Labute approximate surface area is 93.8 Å². The smallest absolute Gasteiger partial charge is 0.173 e. The second-order valence-electron chi connectivity index (χ2n) is 4.76. The highest BCUT2D eigenvalue weighted by Gasteiger charge is 2.50. The topological polar surface area (TPSA) is 47.0 Å². The van der Waals surface area contributed by atoms with Crippen LogP contribution in [0, 0.1) is 6.92 Å². The molecule has 0 radical (unpaired) electrons. The van der Waals surface area contributed by atoms with Crippen LogP contribution in [-0.2, 0) is 16.9 Å². The van der Waals surface area contributed by atoms with Crippen LogP contribution >= 0.6 is 0 Å². The summed E-state index contributed by atoms with van der Waals surface area (Å²) in [4.78, 5) is 3.55. The van der Waals surface area contributed by atoms with Crippen LogP contribution in [0.2, 0.25) is 0 Å². The number of aryl methyl sites for hydroxylation is 1. The third-order valence-electron chi connectivity index (χ3n) is 3.75. The second kappa shape index (κ2) is 2.67. The van der Waals surface area contributed by atoms with Crippen molar-refractivity contribution in [2.75, 3.05) is 13.2 Å². The van der Waals surface area contributed by atoms with E-state index in [0.29, 0.717) is 0 Å². The summed E-state index contributed by atoms with van der Waals surface area (Å²) < 4.78 is 5.83. The predicted octanol–water partition coefficient (Wildman–Crippen LogP) is 1.81. The normalized spacial score (nSPS) is 27.3. The van der Waals surface area contributed by atoms with Gasteiger partial charge in [-0.3, -0.25) is 5.32 Å². The van der Waals surface area contributed by atoms with Crippen LogP contribution < -0.4 is 5.32 Å². The van der Waals surface area contributed by atoms with Gasteiger partial charge in [-0.25, -0.2) is 0 Å². The molecule has 2 N–H and O–H groups in total. The van der Waals surface area contributed by atoms with E-state index in [1.807, 2.05) is 0 Å². The van der Waals surface area contributed by atoms with Gasteiger partial charge in [0, 0.05) is 17.4 Å². The third kappa shape index (κ3) is 0.950. The summed E-state index contributed by atoms with van der Waals surface area (Å²) in [5.74, 6) is 0. The Hall–Kier alpha value is -1.32. The van der Waals surface area contributed by atoms with Crippen molar-refractivity contribution < 1.29 is 4.74 Å². The molecule has 82 valence electrons. The first-order valence-corrected chi connectivity index (χ1v) is 5.80. The zero-order valence-electron chi connectivity index (χ0n) is 9.26. The standard InChI is InChI=1S/C13H14N2O/c1-8-3-2-4-9-10-5-6-16-13(7-14-13)12(10)15-11(8)9/h2-4,14-15H,5-7H2,1H3. The van der Waals surface area contributed by atoms with Gasteiger partial charge in [-0.1, -0.05) is 18.2 Å². The Morgan fingerprint density at radius 1 is 1.38 bits per heavy atom. The van der Waals surface area contributed by atoms with Crippen LogP contribution in [-0.4, -0.2) is 18.1 Å². The SMILES string of the molecule is Cc1cccc2c3c([nH]c12)C1(CN1)OCC3. The monoisotopic (exact) mass is 214 g/mol. The summed E-state index contributed by atoms with van der Waals surface area (Å²) in [7, 11) is 0. The van der Waals surface area contributed by atoms with Crippen molar-refractivity contribution in [3.05, 3.63) is 35.0 Å². The van der Waals surface area contributed by atoms with Crippen LogP contribution in [0.25, 0.3) is 10.9 Å². The van der Waals surface area contributed by atoms with Crippen molar-refractivity contribution in [2.24, 2.45) is 0 Å². The van der Waals surface area contributed by atoms with Gasteiger partial charge < -0.3 is 9.72 Å². The highest BCUT2D eigenvalue weighted by atomic mass is 16.5. The minimum atomic E-state index is -0.182. The molecule has 1 unspecified atom stereocenters. The lowest BCUT2D eigenvalue weighted by atomic mass is 10.0. The molecule has 1 atom stereocenters. The van der Waals surface area contributed by atoms with E-state index in [9.17, 15) is 0 Å². The molecule has 4 rings (SSSR count). The van der Waals surface area contributed by atoms with E-state index in [1.165, 1.54) is 27.7 Å². The summed E-state index contributed by atoms with van der Waals surface area (Å²) in [6.07, 6.45) is 1.02. The van der Waals surface area contributed by atoms with Gasteiger partial charge in [0.25, 0.3) is 0 Å². The molecule has 2 aliphatic heterocycles. The van der Waals surface area contributed by atoms with E-state index in [4.69, 9.17) is 4.74 Å². The molecule has 16 heavy (non-hydrogen) atoms. The molecule has 3 heterocycles. The summed E-state index contributed by atoms with van der Waals surface area (Å²) in [5, 5.41) is 4.70. The molecule has 1 saturated heterocycles. The number of rotatable bonds is 0. The molecule has 0 amide bonds. The Morgan fingerprint density at radius 3 is 3.06 bits per heavy atom. The van der Waals surface area contributed by atoms with E-state index in [0.717, 1.165) is 19.6 Å². The van der Waals surface area contributed by atoms with Crippen molar-refractivity contribution in [1.82, 2.24) is 10.3 Å². The molecule has 3 heteroatoms. The second-order valence-corrected chi connectivity index (χ2v) is 4.76. The number of para-hydroxylation sites is 1. The maximum atomic E-state index is 5.83. The minimum Gasteiger partial charge on any atom is -0.354 e. The molecule has 2 aromatic rings. The number of hydrogen-bond donors (Lipinski definition) is 2. The first-order valence-electron chi connectivity index (χ1n) is 5.80. The number of benzene rings is 1. The first-order chi connectivity index (χ1) is 7.80. The molecule has 1 aromatic heterocycles. The van der Waals surface area contributed by atoms with Gasteiger partial charge in [0.2, 0.25) is 0 Å². The number of aromatic amines is 1. The molecular weight excluding hydrogens is 200 g/mol. The number of hydrogen-bond acceptors (Lipinski definition) is 2. The van der Waals surface area contributed by atoms with E-state index >= 15 is 0 Å². The van der Waals surface area contributed by atoms with Crippen molar-refractivity contribution in [1.29, 1.82) is 0 Å². The van der Waals surface area contributed by atoms with Gasteiger partial charge in [0.15, 0.2) is 5.72 Å². The first kappa shape index (κ1) is 8.79. The summed E-state index contributed by atoms with van der Waals surface area (Å²) in [6, 6.07) is 6.49. The highest BCUT2D eigenvalue weighted by Crippen LogP contribution is 2.41. The van der Waals surface area contributed by atoms with Gasteiger partial charge in [-0.2, -0.15) is 0 Å². The maximum Gasteiger partial charge on any atom is 0.173 e. The fourth-order valence-electron chi connectivity index (χ4n) is 2.78. The van der Waals surface area contributed by atoms with Gasteiger partial charge in [-0.15, -0.1) is 0 Å². The molecule has 0 bridgehead atoms. The quantitative estimate of drug-likeness (QED) is 0.657. The molecule has 0 saturated carbocycles. The Morgan fingerprint density at radius 2 is 2.25 bits per heavy atom. The third-order valence-corrected chi connectivity index (χ3v) is 3.75. The van der Waals surface area contributed by atoms with Gasteiger partial charge in [-0.05, 0) is 24.5 Å². The number of fused-ring (bicyclic) bond motifs is 4. The van der Waals surface area contributed by atoms with Crippen molar-refractivity contribution >= 4 is 10.9 Å². The number of nitrogens with one attached hydrogen (secondary N) is 2. The zero-order chi connectivity index (χ0) is 10.8. The summed E-state index contributed by atoms with van der Waals surface area (Å²) >= 11 is 0. The molecule has 1 fully saturated rings. The van der Waals surface area contributed by atoms with Crippen molar-refractivity contribution in [2.45, 2.75) is 19.1 Å². The fraction of sp³-hybridized carbons (Fsp3) is 0.385. The van der Waals surface area contributed by atoms with Crippen LogP contribution in [0.1, 0.15) is 16.8 Å². The van der Waals surface area contributed by atoms with E-state index in [2.05, 4.69) is 35.4 Å². The molecule has 2 aliphatic rings. The molecule has 1 aromatic carbocycles. The average molecular weight is 214 g/mol. The summed E-state index contributed by atoms with van der Waals surface area (Å²) in [5.41, 5.74) is 5.09. The van der Waals surface area contributed by atoms with Crippen LogP contribution in [0.4, 0.5) is 0 Å². The van der Waals surface area contributed by atoms with E-state index < -0.39 is 0 Å². The lowest BCUT2D eigenvalue weighted by Gasteiger charge is -2.21. The summed E-state index contributed by atoms with van der Waals surface area (Å²) in [6.45, 7) is 3.91. The van der Waals surface area contributed by atoms with Crippen LogP contribution in [0.3, 0.4) is 0 Å². The largest absolute Gasteiger partial charge is 0.354 e. The Balaban J connectivity index is 2.08. The molecular formula is C13H14N2O. The van der Waals surface area contributed by atoms with Crippen molar-refractivity contribution in [3.8, 4) is 0 Å². The minimum absolute atomic E-state index is 0.182. The molecule has 0 aliphatic carbocycles. The Kier molecular flexibility index (Phi) is 1.47. The molecule has 1 spiro atoms. The lowest BCUT2D eigenvalue weighted by molar-refractivity contribution is 0.0139. The van der Waals surface area contributed by atoms with Crippen molar-refractivity contribution in [3.63, 3.8) is 0 Å². The van der Waals surface area contributed by atoms with Gasteiger partial charge in [0.05, 0.1) is 12.3 Å². The zero-order valence-corrected chi connectivity index (χ0v) is 9.26. The lowest BCUT2D eigenvalue weighted by Crippen LogP contribution is -2.26. The van der Waals surface area contributed by atoms with Gasteiger partial charge >= 0.3 is 0 Å². The van der Waals surface area contributed by atoms with E-state index in [-0.39, 0.29) is 5.72 Å². The number of H-pyrrole nitrogens is 1. The maximum absolute atomic E-state index is 5.83. The van der Waals surface area contributed by atoms with Crippen LogP contribution in [0.15, 0.2) is 18.2 Å². The van der Waals surface area contributed by atoms with Crippen LogP contribution in [0.5, 0.6) is 0 Å². The molecule has 3 nitrogen and oxygen atoms in total. The number of ether oxygens (including phenoxy) is 1. The Bertz CT molecular complexity index is 581. The fourth-order valence-corrected chi connectivity index (χ4v) is 2.78. The van der Waals surface area contributed by atoms with E-state index in [1.54, 1.807) is 0 Å². The predicted molar refractivity (Wildman–Crippen MR) is 62.4 cm³/mol. The average Bonchev–Trinajstić information content (AvgIpc) is 2.93.